The van der Waals surface area contributed by atoms with Crippen LogP contribution in [0.25, 0.3) is 11.1 Å². The number of anilines is 1. The quantitative estimate of drug-likeness (QED) is 0.447. The molecule has 1 aliphatic heterocycles. The fourth-order valence-electron chi connectivity index (χ4n) is 5.61. The van der Waals surface area contributed by atoms with Gasteiger partial charge in [0.15, 0.2) is 5.82 Å². The molecule has 3 aromatic heterocycles. The van der Waals surface area contributed by atoms with Crippen molar-refractivity contribution in [3.63, 3.8) is 0 Å². The molecular weight excluding hydrogens is 453 g/mol. The second-order valence-electron chi connectivity index (χ2n) is 9.37. The van der Waals surface area contributed by atoms with Crippen LogP contribution in [0.5, 0.6) is 0 Å². The summed E-state index contributed by atoms with van der Waals surface area (Å²) in [5.41, 5.74) is 5.18. The fourth-order valence-corrected chi connectivity index (χ4v) is 5.61. The molecule has 2 N–H and O–H groups in total. The molecule has 0 saturated heterocycles. The third-order valence-electron chi connectivity index (χ3n) is 7.29. The standard InChI is InChI=1S/C22H19F3N6O3/c23-22(24,25)21-9-20(10-21,11-21)17-16(31(32)33)18(26)29-19(28-17)13-3-6-34-15(8-13)12-2-5-30-14(7-12)1-4-27-30/h1-2,4-5,7-8,15H,3,6,9-11H2,(H2,26,28,29). The van der Waals surface area contributed by atoms with Gasteiger partial charge in [0.25, 0.3) is 0 Å². The van der Waals surface area contributed by atoms with E-state index in [0.717, 1.165) is 11.1 Å². The number of hydrogen-bond donors (Lipinski definition) is 1. The minimum Gasteiger partial charge on any atom is -0.378 e. The van der Waals surface area contributed by atoms with Crippen molar-refractivity contribution in [2.45, 2.75) is 43.4 Å². The van der Waals surface area contributed by atoms with Gasteiger partial charge in [0.05, 0.1) is 22.5 Å². The molecule has 9 nitrogen and oxygen atoms in total. The molecule has 0 aromatic carbocycles. The molecule has 0 radical (unpaired) electrons. The lowest BCUT2D eigenvalue weighted by molar-refractivity contribution is -0.389. The van der Waals surface area contributed by atoms with Gasteiger partial charge in [-0.15, -0.1) is 0 Å². The van der Waals surface area contributed by atoms with Crippen molar-refractivity contribution in [3.05, 3.63) is 63.9 Å². The SMILES string of the molecule is Nc1nc(C2=CC(c3ccn4nccc4c3)OCC2)nc(C23CC(C(F)(F)F)(C2)C3)c1[N+](=O)[O-]. The minimum atomic E-state index is -4.34. The summed E-state index contributed by atoms with van der Waals surface area (Å²) in [5.74, 6) is -0.136. The maximum absolute atomic E-state index is 13.4. The Labute approximate surface area is 190 Å². The van der Waals surface area contributed by atoms with Crippen molar-refractivity contribution >= 4 is 22.6 Å². The maximum Gasteiger partial charge on any atom is 0.394 e. The molecule has 1 atom stereocenters. The van der Waals surface area contributed by atoms with Crippen LogP contribution in [-0.2, 0) is 10.2 Å². The van der Waals surface area contributed by atoms with Crippen LogP contribution >= 0.6 is 0 Å². The Morgan fingerprint density at radius 1 is 1.24 bits per heavy atom. The van der Waals surface area contributed by atoms with E-state index in [1.54, 1.807) is 10.7 Å². The van der Waals surface area contributed by atoms with Crippen molar-refractivity contribution in [2.24, 2.45) is 5.41 Å². The number of halogens is 3. The molecule has 1 unspecified atom stereocenters. The number of pyridine rings is 1. The molecule has 3 aliphatic carbocycles. The second-order valence-corrected chi connectivity index (χ2v) is 9.37. The number of ether oxygens (including phenoxy) is 1. The average Bonchev–Trinajstić information content (AvgIpc) is 3.18. The molecule has 176 valence electrons. The molecule has 3 fully saturated rings. The van der Waals surface area contributed by atoms with E-state index >= 15 is 0 Å². The highest BCUT2D eigenvalue weighted by molar-refractivity contribution is 5.68. The summed E-state index contributed by atoms with van der Waals surface area (Å²) in [5, 5.41) is 15.9. The van der Waals surface area contributed by atoms with E-state index in [-0.39, 0.29) is 36.6 Å². The molecule has 4 aliphatic rings. The molecule has 4 heterocycles. The highest BCUT2D eigenvalue weighted by Crippen LogP contribution is 2.79. The number of nitrogen functional groups attached to an aromatic ring is 1. The highest BCUT2D eigenvalue weighted by atomic mass is 19.4. The van der Waals surface area contributed by atoms with Gasteiger partial charge >= 0.3 is 11.9 Å². The van der Waals surface area contributed by atoms with Crippen LogP contribution in [0.1, 0.15) is 48.9 Å². The number of aromatic nitrogens is 4. The maximum atomic E-state index is 13.4. The number of alkyl halides is 3. The van der Waals surface area contributed by atoms with Gasteiger partial charge in [-0.25, -0.2) is 14.5 Å². The lowest BCUT2D eigenvalue weighted by atomic mass is 9.34. The summed E-state index contributed by atoms with van der Waals surface area (Å²) in [6.07, 6.45) is 0.396. The van der Waals surface area contributed by atoms with E-state index in [4.69, 9.17) is 10.5 Å². The summed E-state index contributed by atoms with van der Waals surface area (Å²) < 4.78 is 47.8. The van der Waals surface area contributed by atoms with Gasteiger partial charge in [-0.05, 0) is 61.1 Å². The van der Waals surface area contributed by atoms with Gasteiger partial charge in [-0.2, -0.15) is 18.3 Å². The Hall–Kier alpha value is -3.54. The van der Waals surface area contributed by atoms with Crippen molar-refractivity contribution in [1.29, 1.82) is 0 Å². The Balaban J connectivity index is 1.38. The number of nitrogens with zero attached hydrogens (tertiary/aromatic N) is 5. The predicted molar refractivity (Wildman–Crippen MR) is 114 cm³/mol. The molecular formula is C22H19F3N6O3. The molecule has 2 bridgehead atoms. The first-order valence-corrected chi connectivity index (χ1v) is 10.8. The first-order valence-electron chi connectivity index (χ1n) is 10.8. The largest absolute Gasteiger partial charge is 0.394 e. The summed E-state index contributed by atoms with van der Waals surface area (Å²) in [4.78, 5) is 19.6. The number of fused-ring (bicyclic) bond motifs is 1. The number of rotatable bonds is 4. The van der Waals surface area contributed by atoms with E-state index in [2.05, 4.69) is 15.1 Å². The zero-order valence-electron chi connectivity index (χ0n) is 17.7. The zero-order valence-corrected chi connectivity index (χ0v) is 17.7. The number of nitro groups is 1. The van der Waals surface area contributed by atoms with Crippen molar-refractivity contribution in [1.82, 2.24) is 19.6 Å². The van der Waals surface area contributed by atoms with E-state index in [1.807, 2.05) is 30.5 Å². The second kappa shape index (κ2) is 6.75. The van der Waals surface area contributed by atoms with E-state index < -0.39 is 33.7 Å². The van der Waals surface area contributed by atoms with Crippen LogP contribution in [0.15, 0.2) is 36.7 Å². The van der Waals surface area contributed by atoms with Gasteiger partial charge in [0, 0.05) is 17.8 Å². The molecule has 0 spiro atoms. The molecule has 0 amide bonds. The number of hydrogen-bond acceptors (Lipinski definition) is 7. The minimum absolute atomic E-state index is 0.00995. The first-order chi connectivity index (χ1) is 16.1. The Morgan fingerprint density at radius 3 is 2.71 bits per heavy atom. The van der Waals surface area contributed by atoms with E-state index in [0.29, 0.717) is 18.6 Å². The monoisotopic (exact) mass is 472 g/mol. The first kappa shape index (κ1) is 21.0. The summed E-state index contributed by atoms with van der Waals surface area (Å²) >= 11 is 0. The smallest absolute Gasteiger partial charge is 0.378 e. The Bertz CT molecular complexity index is 1360. The van der Waals surface area contributed by atoms with Gasteiger partial charge in [-0.1, -0.05) is 0 Å². The van der Waals surface area contributed by atoms with Gasteiger partial charge < -0.3 is 10.5 Å². The van der Waals surface area contributed by atoms with Gasteiger partial charge in [0.2, 0.25) is 5.82 Å². The van der Waals surface area contributed by atoms with Crippen LogP contribution in [-0.4, -0.2) is 37.3 Å². The summed E-state index contributed by atoms with van der Waals surface area (Å²) in [6, 6.07) is 5.67. The van der Waals surface area contributed by atoms with Crippen LogP contribution in [0.2, 0.25) is 0 Å². The van der Waals surface area contributed by atoms with E-state index in [1.165, 1.54) is 0 Å². The number of nitrogens with two attached hydrogens (primary N) is 1. The normalized spacial score (nSPS) is 28.2. The molecule has 3 saturated carbocycles. The molecule has 12 heteroatoms. The van der Waals surface area contributed by atoms with E-state index in [9.17, 15) is 23.3 Å². The third kappa shape index (κ3) is 2.87. The molecule has 34 heavy (non-hydrogen) atoms. The van der Waals surface area contributed by atoms with Crippen molar-refractivity contribution in [2.75, 3.05) is 12.3 Å². The van der Waals surface area contributed by atoms with Crippen LogP contribution < -0.4 is 5.73 Å². The lowest BCUT2D eigenvalue weighted by Gasteiger charge is -2.69. The van der Waals surface area contributed by atoms with Gasteiger partial charge in [0.1, 0.15) is 11.8 Å². The topological polar surface area (TPSA) is 121 Å². The van der Waals surface area contributed by atoms with Gasteiger partial charge in [-0.3, -0.25) is 10.1 Å². The Kier molecular flexibility index (Phi) is 4.17. The van der Waals surface area contributed by atoms with Crippen molar-refractivity contribution < 1.29 is 22.8 Å². The van der Waals surface area contributed by atoms with Crippen LogP contribution in [0.3, 0.4) is 0 Å². The van der Waals surface area contributed by atoms with Crippen LogP contribution in [0.4, 0.5) is 24.7 Å². The predicted octanol–water partition coefficient (Wildman–Crippen LogP) is 4.14. The van der Waals surface area contributed by atoms with Crippen molar-refractivity contribution in [3.8, 4) is 0 Å². The molecule has 7 rings (SSSR count). The summed E-state index contributed by atoms with van der Waals surface area (Å²) in [6.45, 7) is 0.360. The van der Waals surface area contributed by atoms with Crippen LogP contribution in [0, 0.1) is 15.5 Å². The summed E-state index contributed by atoms with van der Waals surface area (Å²) in [7, 11) is 0. The molecule has 3 aromatic rings. The third-order valence-corrected chi connectivity index (χ3v) is 7.29. The fraction of sp³-hybridized carbons (Fsp3) is 0.409. The zero-order chi connectivity index (χ0) is 23.9. The Morgan fingerprint density at radius 2 is 2.00 bits per heavy atom. The lowest BCUT2D eigenvalue weighted by Crippen LogP contribution is -2.70. The highest BCUT2D eigenvalue weighted by Gasteiger charge is 2.80. The average molecular weight is 472 g/mol.